The molecule has 4 heteroatoms. The van der Waals surface area contributed by atoms with Gasteiger partial charge < -0.3 is 13.9 Å². The fourth-order valence-corrected chi connectivity index (χ4v) is 3.16. The van der Waals surface area contributed by atoms with Crippen LogP contribution in [0.3, 0.4) is 0 Å². The summed E-state index contributed by atoms with van der Waals surface area (Å²) in [6.07, 6.45) is -0.0703. The number of para-hydroxylation sites is 1. The Morgan fingerprint density at radius 2 is 1.81 bits per heavy atom. The van der Waals surface area contributed by atoms with Crippen LogP contribution in [0.2, 0.25) is 18.1 Å². The van der Waals surface area contributed by atoms with Gasteiger partial charge >= 0.3 is 0 Å². The molecular weight excluding hydrogens is 280 g/mol. The molecule has 0 aromatic heterocycles. The van der Waals surface area contributed by atoms with Crippen molar-refractivity contribution in [2.45, 2.75) is 64.6 Å². The normalized spacial score (nSPS) is 21.6. The van der Waals surface area contributed by atoms with Crippen molar-refractivity contribution in [3.05, 3.63) is 29.8 Å². The SMILES string of the molecule is CC1(C)Oc2ccccc2C(CO[Si](C)(C)C(C)(C)C)O1. The van der Waals surface area contributed by atoms with Crippen LogP contribution in [0.4, 0.5) is 0 Å². The lowest BCUT2D eigenvalue weighted by molar-refractivity contribution is -0.213. The first kappa shape index (κ1) is 16.5. The van der Waals surface area contributed by atoms with Crippen LogP contribution in [0, 0.1) is 0 Å². The van der Waals surface area contributed by atoms with Crippen LogP contribution < -0.4 is 4.74 Å². The second-order valence-corrected chi connectivity index (χ2v) is 12.5. The molecule has 0 spiro atoms. The van der Waals surface area contributed by atoms with Crippen molar-refractivity contribution < 1.29 is 13.9 Å². The van der Waals surface area contributed by atoms with Crippen LogP contribution in [0.5, 0.6) is 5.75 Å². The summed E-state index contributed by atoms with van der Waals surface area (Å²) >= 11 is 0. The van der Waals surface area contributed by atoms with E-state index in [4.69, 9.17) is 13.9 Å². The van der Waals surface area contributed by atoms with Crippen molar-refractivity contribution in [1.82, 2.24) is 0 Å². The van der Waals surface area contributed by atoms with Gasteiger partial charge in [-0.2, -0.15) is 0 Å². The molecule has 0 N–H and O–H groups in total. The number of fused-ring (bicyclic) bond motifs is 1. The van der Waals surface area contributed by atoms with Crippen molar-refractivity contribution in [3.63, 3.8) is 0 Å². The summed E-state index contributed by atoms with van der Waals surface area (Å²) < 4.78 is 18.3. The van der Waals surface area contributed by atoms with Gasteiger partial charge in [-0.25, -0.2) is 0 Å². The van der Waals surface area contributed by atoms with Crippen molar-refractivity contribution in [2.24, 2.45) is 0 Å². The smallest absolute Gasteiger partial charge is 0.205 e. The molecule has 1 aromatic carbocycles. The van der Waals surface area contributed by atoms with Crippen molar-refractivity contribution in [2.75, 3.05) is 6.61 Å². The van der Waals surface area contributed by atoms with Gasteiger partial charge in [0.15, 0.2) is 8.32 Å². The summed E-state index contributed by atoms with van der Waals surface area (Å²) in [5.41, 5.74) is 1.08. The summed E-state index contributed by atoms with van der Waals surface area (Å²) in [4.78, 5) is 0. The first-order chi connectivity index (χ1) is 9.52. The minimum Gasteiger partial charge on any atom is -0.463 e. The van der Waals surface area contributed by atoms with E-state index in [1.54, 1.807) is 0 Å². The number of ether oxygens (including phenoxy) is 2. The third kappa shape index (κ3) is 3.68. The van der Waals surface area contributed by atoms with E-state index in [0.29, 0.717) is 6.61 Å². The van der Waals surface area contributed by atoms with E-state index in [-0.39, 0.29) is 11.1 Å². The molecule has 1 heterocycles. The molecule has 1 aliphatic rings. The summed E-state index contributed by atoms with van der Waals surface area (Å²) in [7, 11) is -1.78. The maximum absolute atomic E-state index is 6.34. The van der Waals surface area contributed by atoms with E-state index in [1.807, 2.05) is 32.0 Å². The van der Waals surface area contributed by atoms with Crippen LogP contribution in [0.15, 0.2) is 24.3 Å². The molecule has 0 saturated carbocycles. The standard InChI is InChI=1S/C17H28O3Si/c1-16(2,3)21(6,7)18-12-15-13-10-8-9-11-14(13)19-17(4,5)20-15/h8-11,15H,12H2,1-7H3. The van der Waals surface area contributed by atoms with Crippen LogP contribution in [-0.4, -0.2) is 20.7 Å². The Kier molecular flexibility index (Phi) is 4.26. The largest absolute Gasteiger partial charge is 0.463 e. The van der Waals surface area contributed by atoms with E-state index >= 15 is 0 Å². The maximum atomic E-state index is 6.34. The molecule has 1 aromatic rings. The average Bonchev–Trinajstić information content (AvgIpc) is 2.33. The Bertz CT molecular complexity index is 503. The number of hydrogen-bond donors (Lipinski definition) is 0. The number of rotatable bonds is 3. The van der Waals surface area contributed by atoms with Crippen LogP contribution in [-0.2, 0) is 9.16 Å². The molecule has 0 bridgehead atoms. The van der Waals surface area contributed by atoms with E-state index in [1.165, 1.54) is 0 Å². The molecule has 1 atom stereocenters. The molecule has 1 aliphatic heterocycles. The zero-order chi connectivity index (χ0) is 15.9. The lowest BCUT2D eigenvalue weighted by Crippen LogP contribution is -2.44. The highest BCUT2D eigenvalue weighted by Gasteiger charge is 2.40. The lowest BCUT2D eigenvalue weighted by Gasteiger charge is -2.41. The average molecular weight is 308 g/mol. The summed E-state index contributed by atoms with van der Waals surface area (Å²) in [5.74, 6) is 0.285. The summed E-state index contributed by atoms with van der Waals surface area (Å²) in [6, 6.07) is 8.07. The van der Waals surface area contributed by atoms with Crippen molar-refractivity contribution in [1.29, 1.82) is 0 Å². The van der Waals surface area contributed by atoms with Gasteiger partial charge in [-0.3, -0.25) is 0 Å². The van der Waals surface area contributed by atoms with Gasteiger partial charge in [0.1, 0.15) is 11.9 Å². The van der Waals surface area contributed by atoms with E-state index in [0.717, 1.165) is 11.3 Å². The Morgan fingerprint density at radius 1 is 1.19 bits per heavy atom. The van der Waals surface area contributed by atoms with Gasteiger partial charge in [-0.15, -0.1) is 0 Å². The van der Waals surface area contributed by atoms with Gasteiger partial charge in [0.05, 0.1) is 6.61 Å². The van der Waals surface area contributed by atoms with Gasteiger partial charge in [-0.05, 0) is 24.2 Å². The topological polar surface area (TPSA) is 27.7 Å². The van der Waals surface area contributed by atoms with Gasteiger partial charge in [0.2, 0.25) is 5.79 Å². The Morgan fingerprint density at radius 3 is 2.43 bits per heavy atom. The molecule has 2 rings (SSSR count). The third-order valence-corrected chi connectivity index (χ3v) is 8.95. The molecule has 3 nitrogen and oxygen atoms in total. The summed E-state index contributed by atoms with van der Waals surface area (Å²) in [6.45, 7) is 15.8. The highest BCUT2D eigenvalue weighted by molar-refractivity contribution is 6.74. The fraction of sp³-hybridized carbons (Fsp3) is 0.647. The third-order valence-electron chi connectivity index (χ3n) is 4.45. The van der Waals surface area contributed by atoms with Crippen LogP contribution in [0.25, 0.3) is 0 Å². The quantitative estimate of drug-likeness (QED) is 0.744. The molecular formula is C17H28O3Si. The van der Waals surface area contributed by atoms with Crippen LogP contribution in [0.1, 0.15) is 46.3 Å². The number of hydrogen-bond acceptors (Lipinski definition) is 3. The lowest BCUT2D eigenvalue weighted by atomic mass is 10.1. The monoisotopic (exact) mass is 308 g/mol. The van der Waals surface area contributed by atoms with Gasteiger partial charge in [0, 0.05) is 19.4 Å². The van der Waals surface area contributed by atoms with E-state index in [9.17, 15) is 0 Å². The number of benzene rings is 1. The molecule has 0 saturated heterocycles. The van der Waals surface area contributed by atoms with Crippen molar-refractivity contribution >= 4 is 8.32 Å². The molecule has 0 fully saturated rings. The predicted molar refractivity (Wildman–Crippen MR) is 88.1 cm³/mol. The van der Waals surface area contributed by atoms with E-state index in [2.05, 4.69) is 39.9 Å². The van der Waals surface area contributed by atoms with Gasteiger partial charge in [0.25, 0.3) is 0 Å². The molecule has 118 valence electrons. The Labute approximate surface area is 129 Å². The summed E-state index contributed by atoms with van der Waals surface area (Å²) in [5, 5.41) is 0.202. The van der Waals surface area contributed by atoms with Crippen LogP contribution >= 0.6 is 0 Å². The first-order valence-electron chi connectivity index (χ1n) is 7.62. The Balaban J connectivity index is 2.17. The fourth-order valence-electron chi connectivity index (χ4n) is 2.16. The zero-order valence-electron chi connectivity index (χ0n) is 14.3. The molecule has 0 amide bonds. The first-order valence-corrected chi connectivity index (χ1v) is 10.5. The van der Waals surface area contributed by atoms with E-state index < -0.39 is 14.1 Å². The minimum atomic E-state index is -1.78. The molecule has 0 radical (unpaired) electrons. The van der Waals surface area contributed by atoms with Crippen molar-refractivity contribution in [3.8, 4) is 5.75 Å². The second kappa shape index (κ2) is 5.41. The van der Waals surface area contributed by atoms with Gasteiger partial charge in [-0.1, -0.05) is 39.0 Å². The zero-order valence-corrected chi connectivity index (χ0v) is 15.3. The molecule has 0 aliphatic carbocycles. The highest BCUT2D eigenvalue weighted by Crippen LogP contribution is 2.41. The molecule has 1 unspecified atom stereocenters. The Hall–Kier alpha value is -0.843. The highest BCUT2D eigenvalue weighted by atomic mass is 28.4. The second-order valence-electron chi connectivity index (χ2n) is 7.72. The minimum absolute atomic E-state index is 0.0703. The molecule has 21 heavy (non-hydrogen) atoms. The predicted octanol–water partition coefficient (Wildman–Crippen LogP) is 4.89. The maximum Gasteiger partial charge on any atom is 0.205 e.